The second-order valence-electron chi connectivity index (χ2n) is 8.48. The largest absolute Gasteiger partial charge is 0.358 e. The number of para-hydroxylation sites is 2. The lowest BCUT2D eigenvalue weighted by Gasteiger charge is -2.29. The Balaban J connectivity index is 1.51. The number of halogens is 2. The lowest BCUT2D eigenvalue weighted by molar-refractivity contribution is -0.126. The number of benzene rings is 3. The zero-order chi connectivity index (χ0) is 23.6. The molecule has 34 heavy (non-hydrogen) atoms. The number of aryl methyl sites for hydroxylation is 1. The van der Waals surface area contributed by atoms with Crippen molar-refractivity contribution in [2.24, 2.45) is 5.92 Å². The number of fused-ring (bicyclic) bond motifs is 2. The fraction of sp³-hybridized carbons (Fsp3) is 0.154. The van der Waals surface area contributed by atoms with Gasteiger partial charge in [-0.2, -0.15) is 0 Å². The lowest BCUT2D eigenvalue weighted by atomic mass is 9.89. The van der Waals surface area contributed by atoms with Crippen molar-refractivity contribution < 1.29 is 14.4 Å². The van der Waals surface area contributed by atoms with Crippen LogP contribution in [0.3, 0.4) is 0 Å². The second kappa shape index (κ2) is 7.87. The number of amides is 2. The summed E-state index contributed by atoms with van der Waals surface area (Å²) in [6, 6.07) is 21.7. The van der Waals surface area contributed by atoms with E-state index in [9.17, 15) is 9.59 Å². The van der Waals surface area contributed by atoms with Gasteiger partial charge in [0.25, 0.3) is 5.91 Å². The smallest absolute Gasteiger partial charge is 0.266 e. The molecule has 3 heterocycles. The van der Waals surface area contributed by atoms with Crippen LogP contribution in [0.15, 0.2) is 72.8 Å². The SMILES string of the molecule is Cc1[nH]c2ccccc2c1[C@@H]1[C@@H]2C(=O)N(c3ccc(Cl)c(Cl)c3)C(=O)[C@H]2ON1c1ccccc1. The molecular weight excluding hydrogens is 473 g/mol. The molecule has 4 aromatic rings. The summed E-state index contributed by atoms with van der Waals surface area (Å²) in [6.07, 6.45) is -0.958. The molecule has 0 saturated carbocycles. The van der Waals surface area contributed by atoms with Crippen LogP contribution in [-0.4, -0.2) is 22.9 Å². The Labute approximate surface area is 205 Å². The van der Waals surface area contributed by atoms with Crippen molar-refractivity contribution in [3.8, 4) is 0 Å². The maximum Gasteiger partial charge on any atom is 0.266 e. The summed E-state index contributed by atoms with van der Waals surface area (Å²) in [6.45, 7) is 1.98. The summed E-state index contributed by atoms with van der Waals surface area (Å²) in [7, 11) is 0. The summed E-state index contributed by atoms with van der Waals surface area (Å²) in [5.74, 6) is -1.49. The first-order valence-electron chi connectivity index (χ1n) is 10.9. The number of imide groups is 1. The van der Waals surface area contributed by atoms with Gasteiger partial charge in [0.15, 0.2) is 6.10 Å². The van der Waals surface area contributed by atoms with E-state index in [4.69, 9.17) is 28.0 Å². The maximum absolute atomic E-state index is 13.8. The molecule has 2 saturated heterocycles. The third-order valence-electron chi connectivity index (χ3n) is 6.53. The highest BCUT2D eigenvalue weighted by Gasteiger charge is 2.61. The zero-order valence-corrected chi connectivity index (χ0v) is 19.5. The van der Waals surface area contributed by atoms with Crippen molar-refractivity contribution >= 4 is 57.3 Å². The van der Waals surface area contributed by atoms with Crippen LogP contribution < -0.4 is 9.96 Å². The van der Waals surface area contributed by atoms with Gasteiger partial charge >= 0.3 is 0 Å². The van der Waals surface area contributed by atoms with Crippen LogP contribution in [0.2, 0.25) is 10.0 Å². The van der Waals surface area contributed by atoms with Crippen molar-refractivity contribution in [1.29, 1.82) is 0 Å². The van der Waals surface area contributed by atoms with E-state index < -0.39 is 24.0 Å². The predicted octanol–water partition coefficient (Wildman–Crippen LogP) is 5.83. The molecule has 2 amide bonds. The Hall–Kier alpha value is -3.32. The summed E-state index contributed by atoms with van der Waals surface area (Å²) in [5.41, 5.74) is 3.97. The highest BCUT2D eigenvalue weighted by Crippen LogP contribution is 2.50. The number of hydrogen-bond donors (Lipinski definition) is 1. The molecule has 8 heteroatoms. The number of anilines is 2. The van der Waals surface area contributed by atoms with E-state index in [1.54, 1.807) is 17.2 Å². The number of carbonyl (C=O) groups is 2. The van der Waals surface area contributed by atoms with Crippen molar-refractivity contribution in [3.05, 3.63) is 94.1 Å². The molecule has 6 rings (SSSR count). The van der Waals surface area contributed by atoms with Gasteiger partial charge in [0.05, 0.1) is 27.5 Å². The Morgan fingerprint density at radius 2 is 1.59 bits per heavy atom. The minimum atomic E-state index is -0.958. The Bertz CT molecular complexity index is 1450. The first kappa shape index (κ1) is 21.2. The zero-order valence-electron chi connectivity index (χ0n) is 18.0. The number of H-pyrrole nitrogens is 1. The number of rotatable bonds is 3. The van der Waals surface area contributed by atoms with E-state index in [2.05, 4.69) is 4.98 Å². The van der Waals surface area contributed by atoms with Crippen LogP contribution >= 0.6 is 23.2 Å². The summed E-state index contributed by atoms with van der Waals surface area (Å²) in [4.78, 5) is 38.2. The Morgan fingerprint density at radius 1 is 0.853 bits per heavy atom. The molecule has 0 bridgehead atoms. The maximum atomic E-state index is 13.8. The molecular formula is C26H19Cl2N3O3. The van der Waals surface area contributed by atoms with E-state index in [0.29, 0.717) is 10.7 Å². The standard InChI is InChI=1S/C26H19Cl2N3O3/c1-14-21(17-9-5-6-10-20(17)29-14)23-22-24(34-31(23)15-7-3-2-4-8-15)26(33)30(25(22)32)16-11-12-18(27)19(28)13-16/h2-13,22-24,29H,1H3/t22-,23+,24-/m0/s1. The summed E-state index contributed by atoms with van der Waals surface area (Å²) < 4.78 is 0. The minimum Gasteiger partial charge on any atom is -0.358 e. The average Bonchev–Trinajstić information content (AvgIpc) is 3.45. The van der Waals surface area contributed by atoms with Gasteiger partial charge < -0.3 is 4.98 Å². The van der Waals surface area contributed by atoms with E-state index >= 15 is 0 Å². The summed E-state index contributed by atoms with van der Waals surface area (Å²) >= 11 is 12.2. The molecule has 0 aliphatic carbocycles. The van der Waals surface area contributed by atoms with E-state index in [1.165, 1.54) is 6.07 Å². The normalized spacial score (nSPS) is 22.1. The molecule has 1 aromatic heterocycles. The van der Waals surface area contributed by atoms with Crippen LogP contribution in [0, 0.1) is 12.8 Å². The molecule has 0 unspecified atom stereocenters. The van der Waals surface area contributed by atoms with Crippen molar-refractivity contribution in [1.82, 2.24) is 4.98 Å². The number of aromatic amines is 1. The van der Waals surface area contributed by atoms with Crippen LogP contribution in [0.25, 0.3) is 10.9 Å². The third kappa shape index (κ3) is 3.06. The van der Waals surface area contributed by atoms with E-state index in [-0.39, 0.29) is 10.9 Å². The Kier molecular flexibility index (Phi) is 4.92. The van der Waals surface area contributed by atoms with Crippen LogP contribution in [0.4, 0.5) is 11.4 Å². The first-order chi connectivity index (χ1) is 16.5. The molecule has 170 valence electrons. The summed E-state index contributed by atoms with van der Waals surface area (Å²) in [5, 5.41) is 3.32. The van der Waals surface area contributed by atoms with Gasteiger partial charge in [-0.1, -0.05) is 59.6 Å². The monoisotopic (exact) mass is 491 g/mol. The van der Waals surface area contributed by atoms with Gasteiger partial charge in [0.1, 0.15) is 5.92 Å². The molecule has 0 radical (unpaired) electrons. The fourth-order valence-electron chi connectivity index (χ4n) is 5.06. The molecule has 2 aliphatic heterocycles. The topological polar surface area (TPSA) is 65.6 Å². The molecule has 3 atom stereocenters. The number of hydroxylamine groups is 1. The van der Waals surface area contributed by atoms with Crippen molar-refractivity contribution in [2.45, 2.75) is 19.1 Å². The minimum absolute atomic E-state index is 0.271. The average molecular weight is 492 g/mol. The van der Waals surface area contributed by atoms with Crippen LogP contribution in [-0.2, 0) is 14.4 Å². The number of hydrogen-bond acceptors (Lipinski definition) is 4. The second-order valence-corrected chi connectivity index (χ2v) is 9.29. The lowest BCUT2D eigenvalue weighted by Crippen LogP contribution is -2.37. The third-order valence-corrected chi connectivity index (χ3v) is 7.27. The molecule has 6 nitrogen and oxygen atoms in total. The van der Waals surface area contributed by atoms with Gasteiger partial charge in [0, 0.05) is 22.2 Å². The van der Waals surface area contributed by atoms with Gasteiger partial charge in [-0.05, 0) is 43.3 Å². The quantitative estimate of drug-likeness (QED) is 0.366. The van der Waals surface area contributed by atoms with Gasteiger partial charge in [-0.15, -0.1) is 0 Å². The highest BCUT2D eigenvalue weighted by molar-refractivity contribution is 6.42. The molecule has 0 spiro atoms. The Morgan fingerprint density at radius 3 is 2.35 bits per heavy atom. The fourth-order valence-corrected chi connectivity index (χ4v) is 5.36. The first-order valence-corrected chi connectivity index (χ1v) is 11.6. The van der Waals surface area contributed by atoms with Gasteiger partial charge in [-0.3, -0.25) is 14.4 Å². The van der Waals surface area contributed by atoms with Crippen molar-refractivity contribution in [2.75, 3.05) is 9.96 Å². The highest BCUT2D eigenvalue weighted by atomic mass is 35.5. The molecule has 3 aromatic carbocycles. The predicted molar refractivity (Wildman–Crippen MR) is 132 cm³/mol. The van der Waals surface area contributed by atoms with Gasteiger partial charge in [-0.25, -0.2) is 9.96 Å². The number of aromatic nitrogens is 1. The number of nitrogens with one attached hydrogen (secondary N) is 1. The number of nitrogens with zero attached hydrogens (tertiary/aromatic N) is 2. The van der Waals surface area contributed by atoms with Crippen molar-refractivity contribution in [3.63, 3.8) is 0 Å². The molecule has 2 aliphatic rings. The number of carbonyl (C=O) groups excluding carboxylic acids is 2. The van der Waals surface area contributed by atoms with Crippen LogP contribution in [0.5, 0.6) is 0 Å². The molecule has 1 N–H and O–H groups in total. The molecule has 2 fully saturated rings. The van der Waals surface area contributed by atoms with Crippen LogP contribution in [0.1, 0.15) is 17.3 Å². The van der Waals surface area contributed by atoms with E-state index in [1.807, 2.05) is 61.5 Å². The van der Waals surface area contributed by atoms with E-state index in [0.717, 1.165) is 32.7 Å². The van der Waals surface area contributed by atoms with Gasteiger partial charge in [0.2, 0.25) is 5.91 Å².